The highest BCUT2D eigenvalue weighted by Crippen LogP contribution is 2.29. The minimum atomic E-state index is -1.04. The predicted octanol–water partition coefficient (Wildman–Crippen LogP) is 2.85. The molecule has 0 bridgehead atoms. The molecule has 88 valence electrons. The first-order valence-electron chi connectivity index (χ1n) is 5.17. The molecule has 1 rings (SSSR count). The second-order valence-electron chi connectivity index (χ2n) is 4.55. The van der Waals surface area contributed by atoms with Gasteiger partial charge in [0.1, 0.15) is 0 Å². The molecule has 0 fully saturated rings. The van der Waals surface area contributed by atoms with Crippen molar-refractivity contribution in [2.24, 2.45) is 0 Å². The Labute approximate surface area is 103 Å². The Morgan fingerprint density at radius 1 is 1.56 bits per heavy atom. The van der Waals surface area contributed by atoms with Crippen LogP contribution in [0, 0.1) is 11.3 Å². The maximum atomic E-state index is 11.8. The van der Waals surface area contributed by atoms with E-state index in [-0.39, 0.29) is 5.41 Å². The molecule has 0 amide bonds. The largest absolute Gasteiger partial charge is 0.252 e. The Morgan fingerprint density at radius 2 is 2.25 bits per heavy atom. The molecule has 5 heteroatoms. The van der Waals surface area contributed by atoms with Gasteiger partial charge in [0.2, 0.25) is 0 Å². The van der Waals surface area contributed by atoms with Gasteiger partial charge in [0.05, 0.1) is 16.9 Å². The van der Waals surface area contributed by atoms with Gasteiger partial charge in [-0.25, -0.2) is 4.98 Å². The normalized spacial score (nSPS) is 13.4. The Kier molecular flexibility index (Phi) is 4.63. The summed E-state index contributed by atoms with van der Waals surface area (Å²) in [5.41, 5.74) is 0.0623. The summed E-state index contributed by atoms with van der Waals surface area (Å²) in [7, 11) is -1.04. The van der Waals surface area contributed by atoms with Crippen molar-refractivity contribution >= 4 is 22.1 Å². The zero-order valence-corrected chi connectivity index (χ0v) is 11.5. The van der Waals surface area contributed by atoms with Crippen LogP contribution in [0.25, 0.3) is 0 Å². The van der Waals surface area contributed by atoms with E-state index in [1.54, 1.807) is 0 Å². The first kappa shape index (κ1) is 13.3. The molecule has 0 N–H and O–H groups in total. The minimum absolute atomic E-state index is 0.0623. The molecule has 0 spiro atoms. The van der Waals surface area contributed by atoms with Gasteiger partial charge in [-0.05, 0) is 11.8 Å². The fraction of sp³-hybridized carbons (Fsp3) is 0.636. The van der Waals surface area contributed by atoms with Gasteiger partial charge in [-0.15, -0.1) is 11.3 Å². The van der Waals surface area contributed by atoms with Crippen molar-refractivity contribution in [3.05, 3.63) is 11.1 Å². The van der Waals surface area contributed by atoms with Crippen LogP contribution in [0.1, 0.15) is 38.5 Å². The quantitative estimate of drug-likeness (QED) is 0.778. The van der Waals surface area contributed by atoms with Crippen LogP contribution in [-0.4, -0.2) is 14.9 Å². The lowest BCUT2D eigenvalue weighted by Gasteiger charge is -2.14. The zero-order valence-electron chi connectivity index (χ0n) is 9.82. The van der Waals surface area contributed by atoms with Gasteiger partial charge in [-0.1, -0.05) is 20.8 Å². The molecule has 1 atom stereocenters. The van der Waals surface area contributed by atoms with Crippen molar-refractivity contribution in [2.75, 3.05) is 5.75 Å². The van der Waals surface area contributed by atoms with E-state index in [9.17, 15) is 4.21 Å². The van der Waals surface area contributed by atoms with Gasteiger partial charge in [-0.2, -0.15) is 5.26 Å². The lowest BCUT2D eigenvalue weighted by Crippen LogP contribution is -2.07. The topological polar surface area (TPSA) is 53.8 Å². The van der Waals surface area contributed by atoms with Crippen molar-refractivity contribution in [1.29, 1.82) is 5.26 Å². The predicted molar refractivity (Wildman–Crippen MR) is 66.9 cm³/mol. The van der Waals surface area contributed by atoms with Gasteiger partial charge in [0, 0.05) is 23.2 Å². The van der Waals surface area contributed by atoms with Crippen LogP contribution in [0.4, 0.5) is 0 Å². The van der Waals surface area contributed by atoms with E-state index >= 15 is 0 Å². The number of hydrogen-bond acceptors (Lipinski definition) is 4. The van der Waals surface area contributed by atoms with Gasteiger partial charge in [0.15, 0.2) is 4.34 Å². The monoisotopic (exact) mass is 256 g/mol. The van der Waals surface area contributed by atoms with Gasteiger partial charge in [-0.3, -0.25) is 4.21 Å². The van der Waals surface area contributed by atoms with Crippen LogP contribution in [0.2, 0.25) is 0 Å². The molecule has 0 saturated carbocycles. The summed E-state index contributed by atoms with van der Waals surface area (Å²) >= 11 is 1.51. The molecule has 0 saturated heterocycles. The molecule has 1 aromatic heterocycles. The van der Waals surface area contributed by atoms with E-state index < -0.39 is 10.8 Å². The minimum Gasteiger partial charge on any atom is -0.252 e. The number of unbranched alkanes of at least 4 members (excludes halogenated alkanes) is 1. The van der Waals surface area contributed by atoms with Crippen molar-refractivity contribution in [1.82, 2.24) is 4.98 Å². The van der Waals surface area contributed by atoms with E-state index in [4.69, 9.17) is 5.26 Å². The summed E-state index contributed by atoms with van der Waals surface area (Å²) in [6.07, 6.45) is 2.94. The second-order valence-corrected chi connectivity index (χ2v) is 7.33. The highest BCUT2D eigenvalue weighted by Gasteiger charge is 2.18. The summed E-state index contributed by atoms with van der Waals surface area (Å²) < 4.78 is 12.5. The molecule has 1 heterocycles. The van der Waals surface area contributed by atoms with Gasteiger partial charge >= 0.3 is 0 Å². The van der Waals surface area contributed by atoms with Crippen LogP contribution in [-0.2, 0) is 16.2 Å². The van der Waals surface area contributed by atoms with Crippen LogP contribution >= 0.6 is 11.3 Å². The second kappa shape index (κ2) is 5.55. The lowest BCUT2D eigenvalue weighted by molar-refractivity contribution is 0.602. The van der Waals surface area contributed by atoms with Crippen LogP contribution < -0.4 is 0 Å². The van der Waals surface area contributed by atoms with E-state index in [1.807, 2.05) is 6.20 Å². The lowest BCUT2D eigenvalue weighted by atomic mass is 9.96. The molecule has 0 aliphatic rings. The summed E-state index contributed by atoms with van der Waals surface area (Å²) in [6, 6.07) is 2.05. The number of nitriles is 1. The molecule has 0 aromatic carbocycles. The summed E-state index contributed by atoms with van der Waals surface area (Å²) in [5, 5.41) is 8.40. The molecular weight excluding hydrogens is 240 g/mol. The Hall–Kier alpha value is -0.730. The van der Waals surface area contributed by atoms with E-state index in [1.165, 1.54) is 11.3 Å². The van der Waals surface area contributed by atoms with Crippen molar-refractivity contribution < 1.29 is 4.21 Å². The smallest absolute Gasteiger partial charge is 0.180 e. The van der Waals surface area contributed by atoms with Crippen LogP contribution in [0.5, 0.6) is 0 Å². The first-order chi connectivity index (χ1) is 7.45. The van der Waals surface area contributed by atoms with Crippen LogP contribution in [0.3, 0.4) is 0 Å². The average Bonchev–Trinajstić information content (AvgIpc) is 2.66. The van der Waals surface area contributed by atoms with E-state index in [2.05, 4.69) is 31.8 Å². The SMILES string of the molecule is CC(C)(C)c1cnc([S@](=O)CCCC#N)s1. The molecule has 0 aliphatic heterocycles. The number of rotatable bonds is 4. The molecule has 0 radical (unpaired) electrons. The summed E-state index contributed by atoms with van der Waals surface area (Å²) in [6.45, 7) is 6.34. The highest BCUT2D eigenvalue weighted by atomic mass is 32.2. The van der Waals surface area contributed by atoms with Crippen molar-refractivity contribution in [3.63, 3.8) is 0 Å². The Bertz CT molecular complexity index is 412. The standard InChI is InChI=1S/C11H16N2OS2/c1-11(2,3)9-8-13-10(15-9)16(14)7-5-4-6-12/h8H,4-5,7H2,1-3H3/t16-/m1/s1. The van der Waals surface area contributed by atoms with Gasteiger partial charge in [0.25, 0.3) is 0 Å². The Morgan fingerprint density at radius 3 is 2.75 bits per heavy atom. The third kappa shape index (κ3) is 3.69. The number of nitrogens with zero attached hydrogens (tertiary/aromatic N) is 2. The average molecular weight is 256 g/mol. The van der Waals surface area contributed by atoms with Gasteiger partial charge < -0.3 is 0 Å². The highest BCUT2D eigenvalue weighted by molar-refractivity contribution is 7.87. The van der Waals surface area contributed by atoms with Crippen molar-refractivity contribution in [3.8, 4) is 6.07 Å². The molecule has 16 heavy (non-hydrogen) atoms. The first-order valence-corrected chi connectivity index (χ1v) is 7.30. The number of hydrogen-bond donors (Lipinski definition) is 0. The van der Waals surface area contributed by atoms with Crippen molar-refractivity contribution in [2.45, 2.75) is 43.4 Å². The molecule has 0 unspecified atom stereocenters. The fourth-order valence-electron chi connectivity index (χ4n) is 1.08. The third-order valence-corrected chi connectivity index (χ3v) is 5.22. The molecular formula is C11H16N2OS2. The fourth-order valence-corrected chi connectivity index (χ4v) is 3.43. The maximum absolute atomic E-state index is 11.8. The Balaban J connectivity index is 2.65. The number of aromatic nitrogens is 1. The molecule has 3 nitrogen and oxygen atoms in total. The summed E-state index contributed by atoms with van der Waals surface area (Å²) in [5.74, 6) is 0.532. The maximum Gasteiger partial charge on any atom is 0.180 e. The number of thiazole rings is 1. The third-order valence-electron chi connectivity index (χ3n) is 2.04. The zero-order chi connectivity index (χ0) is 12.2. The molecule has 1 aromatic rings. The van der Waals surface area contributed by atoms with E-state index in [0.29, 0.717) is 22.9 Å². The molecule has 0 aliphatic carbocycles. The van der Waals surface area contributed by atoms with E-state index in [0.717, 1.165) is 4.88 Å². The summed E-state index contributed by atoms with van der Waals surface area (Å²) in [4.78, 5) is 5.35. The van der Waals surface area contributed by atoms with Crippen LogP contribution in [0.15, 0.2) is 10.5 Å².